The molecular formula is C22H32N2O5S2. The molecule has 31 heavy (non-hydrogen) atoms. The van der Waals surface area contributed by atoms with Gasteiger partial charge in [-0.2, -0.15) is 0 Å². The summed E-state index contributed by atoms with van der Waals surface area (Å²) in [6.45, 7) is 4.25. The molecule has 9 heteroatoms. The van der Waals surface area contributed by atoms with Crippen molar-refractivity contribution < 1.29 is 24.5 Å². The number of hydrogen-bond donors (Lipinski definition) is 2. The van der Waals surface area contributed by atoms with E-state index in [4.69, 9.17) is 9.84 Å². The van der Waals surface area contributed by atoms with Crippen LogP contribution in [0.5, 0.6) is 0 Å². The molecule has 0 bridgehead atoms. The Labute approximate surface area is 191 Å². The van der Waals surface area contributed by atoms with Crippen molar-refractivity contribution in [1.82, 2.24) is 9.88 Å². The molecule has 3 rings (SSSR count). The van der Waals surface area contributed by atoms with E-state index in [1.54, 1.807) is 4.90 Å². The first-order chi connectivity index (χ1) is 14.7. The van der Waals surface area contributed by atoms with Crippen LogP contribution in [0.2, 0.25) is 0 Å². The number of cyclic esters (lactones) is 1. The van der Waals surface area contributed by atoms with E-state index in [1.807, 2.05) is 26.0 Å². The lowest BCUT2D eigenvalue weighted by Gasteiger charge is -2.30. The van der Waals surface area contributed by atoms with Crippen LogP contribution >= 0.6 is 23.1 Å². The van der Waals surface area contributed by atoms with E-state index in [2.05, 4.69) is 4.98 Å². The Bertz CT molecular complexity index is 789. The summed E-state index contributed by atoms with van der Waals surface area (Å²) in [4.78, 5) is 29.0. The molecule has 0 radical (unpaired) electrons. The number of aromatic carboxylic acids is 1. The second-order valence-electron chi connectivity index (χ2n) is 8.76. The van der Waals surface area contributed by atoms with E-state index in [1.165, 1.54) is 60.6 Å². The van der Waals surface area contributed by atoms with Crippen LogP contribution in [-0.4, -0.2) is 62.2 Å². The monoisotopic (exact) mass is 468 g/mol. The van der Waals surface area contributed by atoms with Crippen LogP contribution in [0.4, 0.5) is 4.79 Å². The fourth-order valence-corrected chi connectivity index (χ4v) is 6.19. The molecule has 172 valence electrons. The van der Waals surface area contributed by atoms with Crippen molar-refractivity contribution in [2.45, 2.75) is 80.9 Å². The Morgan fingerprint density at radius 3 is 2.84 bits per heavy atom. The maximum atomic E-state index is 12.3. The van der Waals surface area contributed by atoms with Gasteiger partial charge in [0.2, 0.25) is 0 Å². The number of carbonyl (C=O) groups excluding carboxylic acids is 1. The van der Waals surface area contributed by atoms with E-state index >= 15 is 0 Å². The summed E-state index contributed by atoms with van der Waals surface area (Å²) in [5, 5.41) is 21.3. The zero-order valence-electron chi connectivity index (χ0n) is 18.2. The average molecular weight is 469 g/mol. The van der Waals surface area contributed by atoms with Crippen molar-refractivity contribution in [3.63, 3.8) is 0 Å². The van der Waals surface area contributed by atoms with Crippen LogP contribution in [-0.2, 0) is 4.74 Å². The Balaban J connectivity index is 1.50. The minimum absolute atomic E-state index is 0.0443. The van der Waals surface area contributed by atoms with Crippen LogP contribution in [0.1, 0.15) is 69.3 Å². The summed E-state index contributed by atoms with van der Waals surface area (Å²) >= 11 is 2.72. The molecule has 0 aromatic carbocycles. The maximum absolute atomic E-state index is 12.3. The van der Waals surface area contributed by atoms with Gasteiger partial charge in [0.25, 0.3) is 0 Å². The van der Waals surface area contributed by atoms with Gasteiger partial charge in [0.1, 0.15) is 6.10 Å². The average Bonchev–Trinajstić information content (AvgIpc) is 3.28. The van der Waals surface area contributed by atoms with Gasteiger partial charge in [0.15, 0.2) is 10.0 Å². The van der Waals surface area contributed by atoms with Gasteiger partial charge in [-0.05, 0) is 32.6 Å². The standard InChI is InChI=1S/C22H32N2O5S2/c1-15-18(9-6-10-22(2,28)13-16-7-4-3-5-8-16)24(21(27)29-15)11-12-30-20-23-17(14-31-20)19(25)26/h6,9,14-16,18,28H,3-5,7-8,10-13H2,1-2H3,(H,25,26). The van der Waals surface area contributed by atoms with Gasteiger partial charge < -0.3 is 14.9 Å². The van der Waals surface area contributed by atoms with Crippen molar-refractivity contribution in [3.8, 4) is 0 Å². The Hall–Kier alpha value is -1.58. The molecule has 1 aromatic heterocycles. The SMILES string of the molecule is CC1OC(=O)N(CCSc2nc(C(=O)O)cs2)C1C=CCC(C)(O)CC1CCCCC1. The molecule has 1 aliphatic heterocycles. The largest absolute Gasteiger partial charge is 0.476 e. The molecule has 2 heterocycles. The third kappa shape index (κ3) is 6.95. The number of nitrogens with zero attached hydrogens (tertiary/aromatic N) is 2. The minimum atomic E-state index is -1.04. The van der Waals surface area contributed by atoms with Crippen molar-refractivity contribution >= 4 is 35.2 Å². The molecule has 7 nitrogen and oxygen atoms in total. The summed E-state index contributed by atoms with van der Waals surface area (Å²) in [5.41, 5.74) is -0.693. The van der Waals surface area contributed by atoms with E-state index in [0.717, 1.165) is 6.42 Å². The first-order valence-electron chi connectivity index (χ1n) is 10.9. The second-order valence-corrected chi connectivity index (χ2v) is 11.0. The van der Waals surface area contributed by atoms with E-state index in [-0.39, 0.29) is 23.9 Å². The Morgan fingerprint density at radius 2 is 2.16 bits per heavy atom. The van der Waals surface area contributed by atoms with Crippen LogP contribution in [0.15, 0.2) is 21.9 Å². The second kappa shape index (κ2) is 10.8. The highest BCUT2D eigenvalue weighted by atomic mass is 32.2. The Kier molecular flexibility index (Phi) is 8.41. The zero-order valence-corrected chi connectivity index (χ0v) is 19.8. The summed E-state index contributed by atoms with van der Waals surface area (Å²) in [7, 11) is 0. The first kappa shape index (κ1) is 24.1. The molecule has 0 spiro atoms. The summed E-state index contributed by atoms with van der Waals surface area (Å²) in [6, 6.07) is -0.176. The lowest BCUT2D eigenvalue weighted by molar-refractivity contribution is 0.0302. The number of carbonyl (C=O) groups is 2. The third-order valence-electron chi connectivity index (χ3n) is 5.97. The number of aliphatic hydroxyl groups is 1. The number of ether oxygens (including phenoxy) is 1. The molecule has 3 unspecified atom stereocenters. The van der Waals surface area contributed by atoms with Crippen molar-refractivity contribution in [1.29, 1.82) is 0 Å². The lowest BCUT2D eigenvalue weighted by atomic mass is 9.80. The number of thiazole rings is 1. The molecule has 2 aliphatic rings. The fraction of sp³-hybridized carbons (Fsp3) is 0.682. The van der Waals surface area contributed by atoms with Gasteiger partial charge in [-0.3, -0.25) is 4.90 Å². The molecule has 1 aromatic rings. The van der Waals surface area contributed by atoms with Gasteiger partial charge in [0.05, 0.1) is 11.6 Å². The third-order valence-corrected chi connectivity index (χ3v) is 7.97. The molecular weight excluding hydrogens is 436 g/mol. The van der Waals surface area contributed by atoms with E-state index in [9.17, 15) is 14.7 Å². The smallest absolute Gasteiger partial charge is 0.410 e. The highest BCUT2D eigenvalue weighted by Crippen LogP contribution is 2.32. The van der Waals surface area contributed by atoms with Crippen LogP contribution in [0.25, 0.3) is 0 Å². The highest BCUT2D eigenvalue weighted by molar-refractivity contribution is 8.01. The number of rotatable bonds is 10. The normalized spacial score (nSPS) is 24.5. The van der Waals surface area contributed by atoms with Gasteiger partial charge in [-0.1, -0.05) is 56.0 Å². The minimum Gasteiger partial charge on any atom is -0.476 e. The number of carboxylic acids is 1. The predicted molar refractivity (Wildman–Crippen MR) is 122 cm³/mol. The fourth-order valence-electron chi connectivity index (χ4n) is 4.38. The number of hydrogen-bond acceptors (Lipinski definition) is 7. The first-order valence-corrected chi connectivity index (χ1v) is 12.8. The maximum Gasteiger partial charge on any atom is 0.410 e. The van der Waals surface area contributed by atoms with Crippen LogP contribution in [0.3, 0.4) is 0 Å². The van der Waals surface area contributed by atoms with E-state index < -0.39 is 11.6 Å². The summed E-state index contributed by atoms with van der Waals surface area (Å²) in [5.74, 6) is 0.163. The zero-order chi connectivity index (χ0) is 22.4. The van der Waals surface area contributed by atoms with Gasteiger partial charge in [-0.25, -0.2) is 14.6 Å². The van der Waals surface area contributed by atoms with Gasteiger partial charge >= 0.3 is 12.1 Å². The van der Waals surface area contributed by atoms with Gasteiger partial charge in [-0.15, -0.1) is 11.3 Å². The van der Waals surface area contributed by atoms with Crippen molar-refractivity contribution in [2.24, 2.45) is 5.92 Å². The van der Waals surface area contributed by atoms with Crippen LogP contribution < -0.4 is 0 Å². The predicted octanol–water partition coefficient (Wildman–Crippen LogP) is 4.81. The highest BCUT2D eigenvalue weighted by Gasteiger charge is 2.37. The molecule has 1 saturated carbocycles. The van der Waals surface area contributed by atoms with Gasteiger partial charge in [0, 0.05) is 17.7 Å². The number of carboxylic acid groups (broad SMARTS) is 1. The molecule has 3 atom stereocenters. The quantitative estimate of drug-likeness (QED) is 0.375. The number of amides is 1. The van der Waals surface area contributed by atoms with Crippen molar-refractivity contribution in [3.05, 3.63) is 23.2 Å². The molecule has 2 fully saturated rings. The molecule has 1 aliphatic carbocycles. The molecule has 1 saturated heterocycles. The summed E-state index contributed by atoms with van der Waals surface area (Å²) in [6.07, 6.45) is 11.0. The molecule has 1 amide bonds. The van der Waals surface area contributed by atoms with E-state index in [0.29, 0.717) is 29.0 Å². The van der Waals surface area contributed by atoms with Crippen molar-refractivity contribution in [2.75, 3.05) is 12.3 Å². The number of aromatic nitrogens is 1. The number of thioether (sulfide) groups is 1. The molecule has 2 N–H and O–H groups in total. The lowest BCUT2D eigenvalue weighted by Crippen LogP contribution is -2.36. The Morgan fingerprint density at radius 1 is 1.42 bits per heavy atom. The van der Waals surface area contributed by atoms with Crippen LogP contribution in [0, 0.1) is 5.92 Å². The summed E-state index contributed by atoms with van der Waals surface area (Å²) < 4.78 is 6.07. The topological polar surface area (TPSA) is 100.0 Å².